The SMILES string of the molecule is O=C(O)c1ccccc1C1NNC(=Nc2ccccc2)S1. The van der Waals surface area contributed by atoms with E-state index in [0.29, 0.717) is 10.7 Å². The van der Waals surface area contributed by atoms with E-state index < -0.39 is 5.97 Å². The highest BCUT2D eigenvalue weighted by Crippen LogP contribution is 2.33. The molecule has 6 heteroatoms. The number of hydrogen-bond acceptors (Lipinski definition) is 4. The predicted octanol–water partition coefficient (Wildman–Crippen LogP) is 2.91. The van der Waals surface area contributed by atoms with E-state index in [1.54, 1.807) is 18.2 Å². The molecule has 0 spiro atoms. The first kappa shape index (κ1) is 13.7. The minimum Gasteiger partial charge on any atom is -0.478 e. The maximum Gasteiger partial charge on any atom is 0.336 e. The van der Waals surface area contributed by atoms with E-state index in [2.05, 4.69) is 15.8 Å². The number of thioether (sulfide) groups is 1. The fourth-order valence-corrected chi connectivity index (χ4v) is 2.98. The number of para-hydroxylation sites is 1. The lowest BCUT2D eigenvalue weighted by Crippen LogP contribution is -2.28. The molecule has 1 heterocycles. The number of nitrogens with one attached hydrogen (secondary N) is 2. The first-order valence-corrected chi connectivity index (χ1v) is 7.26. The summed E-state index contributed by atoms with van der Waals surface area (Å²) in [5.41, 5.74) is 7.92. The Balaban J connectivity index is 1.82. The second-order valence-electron chi connectivity index (χ2n) is 4.41. The van der Waals surface area contributed by atoms with Crippen LogP contribution in [0.1, 0.15) is 21.3 Å². The number of carbonyl (C=O) groups is 1. The number of carboxylic acids is 1. The number of hydrogen-bond donors (Lipinski definition) is 3. The van der Waals surface area contributed by atoms with E-state index in [1.807, 2.05) is 36.4 Å². The van der Waals surface area contributed by atoms with Gasteiger partial charge in [0.1, 0.15) is 5.37 Å². The summed E-state index contributed by atoms with van der Waals surface area (Å²) < 4.78 is 0. The molecule has 1 unspecified atom stereocenters. The van der Waals surface area contributed by atoms with Crippen LogP contribution in [0.3, 0.4) is 0 Å². The van der Waals surface area contributed by atoms with Gasteiger partial charge in [0.2, 0.25) is 0 Å². The van der Waals surface area contributed by atoms with E-state index in [9.17, 15) is 9.90 Å². The van der Waals surface area contributed by atoms with Crippen molar-refractivity contribution in [1.82, 2.24) is 10.9 Å². The molecule has 0 saturated carbocycles. The van der Waals surface area contributed by atoms with Crippen LogP contribution in [0.25, 0.3) is 0 Å². The van der Waals surface area contributed by atoms with Gasteiger partial charge in [0.15, 0.2) is 5.17 Å². The maximum atomic E-state index is 11.3. The Morgan fingerprint density at radius 3 is 2.57 bits per heavy atom. The Kier molecular flexibility index (Phi) is 3.89. The molecule has 1 saturated heterocycles. The van der Waals surface area contributed by atoms with Crippen LogP contribution in [-0.4, -0.2) is 16.2 Å². The summed E-state index contributed by atoms with van der Waals surface area (Å²) in [6, 6.07) is 16.6. The van der Waals surface area contributed by atoms with E-state index in [1.165, 1.54) is 11.8 Å². The summed E-state index contributed by atoms with van der Waals surface area (Å²) in [7, 11) is 0. The molecule has 3 N–H and O–H groups in total. The van der Waals surface area contributed by atoms with Crippen LogP contribution in [0, 0.1) is 0 Å². The molecule has 1 aliphatic heterocycles. The average molecular weight is 299 g/mol. The van der Waals surface area contributed by atoms with E-state index in [4.69, 9.17) is 0 Å². The molecule has 0 aliphatic carbocycles. The van der Waals surface area contributed by atoms with Crippen LogP contribution < -0.4 is 10.9 Å². The van der Waals surface area contributed by atoms with Crippen LogP contribution in [0.5, 0.6) is 0 Å². The number of hydrazine groups is 1. The van der Waals surface area contributed by atoms with Crippen LogP contribution in [-0.2, 0) is 0 Å². The second kappa shape index (κ2) is 5.99. The molecule has 0 amide bonds. The Labute approximate surface area is 126 Å². The van der Waals surface area contributed by atoms with Crippen molar-refractivity contribution in [2.75, 3.05) is 0 Å². The number of nitrogens with zero attached hydrogens (tertiary/aromatic N) is 1. The fourth-order valence-electron chi connectivity index (χ4n) is 2.03. The molecule has 0 radical (unpaired) electrons. The van der Waals surface area contributed by atoms with Crippen molar-refractivity contribution in [2.24, 2.45) is 4.99 Å². The molecular weight excluding hydrogens is 286 g/mol. The van der Waals surface area contributed by atoms with Gasteiger partial charge in [-0.2, -0.15) is 0 Å². The van der Waals surface area contributed by atoms with Crippen LogP contribution >= 0.6 is 11.8 Å². The molecule has 21 heavy (non-hydrogen) atoms. The Hall–Kier alpha value is -2.31. The molecule has 1 atom stereocenters. The number of carboxylic acid groups (broad SMARTS) is 1. The van der Waals surface area contributed by atoms with E-state index >= 15 is 0 Å². The van der Waals surface area contributed by atoms with Gasteiger partial charge in [-0.3, -0.25) is 5.43 Å². The summed E-state index contributed by atoms with van der Waals surface area (Å²) in [6.07, 6.45) is 0. The van der Waals surface area contributed by atoms with Gasteiger partial charge in [0.25, 0.3) is 0 Å². The number of amidine groups is 1. The third-order valence-electron chi connectivity index (χ3n) is 3.00. The number of benzene rings is 2. The molecule has 0 aromatic heterocycles. The van der Waals surface area contributed by atoms with Crippen LogP contribution in [0.2, 0.25) is 0 Å². The highest BCUT2D eigenvalue weighted by Gasteiger charge is 2.26. The monoisotopic (exact) mass is 299 g/mol. The van der Waals surface area contributed by atoms with Crippen molar-refractivity contribution in [1.29, 1.82) is 0 Å². The van der Waals surface area contributed by atoms with Crippen molar-refractivity contribution in [3.63, 3.8) is 0 Å². The predicted molar refractivity (Wildman–Crippen MR) is 83.5 cm³/mol. The molecule has 2 aromatic carbocycles. The zero-order chi connectivity index (χ0) is 14.7. The number of rotatable bonds is 3. The lowest BCUT2D eigenvalue weighted by Gasteiger charge is -2.10. The number of aliphatic imine (C=N–C) groups is 1. The minimum absolute atomic E-state index is 0.181. The Morgan fingerprint density at radius 2 is 1.81 bits per heavy atom. The van der Waals surface area contributed by atoms with E-state index in [0.717, 1.165) is 11.3 Å². The normalized spacial score (nSPS) is 19.4. The molecular formula is C15H13N3O2S. The van der Waals surface area contributed by atoms with Crippen molar-refractivity contribution in [3.05, 3.63) is 65.7 Å². The lowest BCUT2D eigenvalue weighted by molar-refractivity contribution is 0.0695. The highest BCUT2D eigenvalue weighted by molar-refractivity contribution is 8.14. The molecule has 0 bridgehead atoms. The first-order valence-electron chi connectivity index (χ1n) is 6.38. The third-order valence-corrected chi connectivity index (χ3v) is 4.02. The fraction of sp³-hybridized carbons (Fsp3) is 0.0667. The van der Waals surface area contributed by atoms with Crippen molar-refractivity contribution >= 4 is 28.6 Å². The molecule has 3 rings (SSSR count). The average Bonchev–Trinajstić information content (AvgIpc) is 2.96. The molecule has 106 valence electrons. The summed E-state index contributed by atoms with van der Waals surface area (Å²) in [5.74, 6) is -0.929. The Morgan fingerprint density at radius 1 is 1.10 bits per heavy atom. The van der Waals surface area contributed by atoms with Gasteiger partial charge < -0.3 is 5.11 Å². The van der Waals surface area contributed by atoms with Gasteiger partial charge in [0, 0.05) is 0 Å². The number of aromatic carboxylic acids is 1. The summed E-state index contributed by atoms with van der Waals surface area (Å²) >= 11 is 1.45. The minimum atomic E-state index is -0.929. The quantitative estimate of drug-likeness (QED) is 0.812. The van der Waals surface area contributed by atoms with Gasteiger partial charge >= 0.3 is 5.97 Å². The van der Waals surface area contributed by atoms with Gasteiger partial charge in [-0.1, -0.05) is 48.2 Å². The Bertz CT molecular complexity index is 688. The standard InChI is InChI=1S/C15H13N3O2S/c19-14(20)12-9-5-4-8-11(12)13-17-18-15(21-13)16-10-6-2-1-3-7-10/h1-9,13,17H,(H,16,18)(H,19,20). The van der Waals surface area contributed by atoms with Crippen LogP contribution in [0.4, 0.5) is 5.69 Å². The summed E-state index contributed by atoms with van der Waals surface area (Å²) in [6.45, 7) is 0. The van der Waals surface area contributed by atoms with Crippen molar-refractivity contribution in [3.8, 4) is 0 Å². The topological polar surface area (TPSA) is 73.7 Å². The molecule has 1 fully saturated rings. The van der Waals surface area contributed by atoms with Crippen molar-refractivity contribution in [2.45, 2.75) is 5.37 Å². The van der Waals surface area contributed by atoms with Crippen LogP contribution in [0.15, 0.2) is 59.6 Å². The van der Waals surface area contributed by atoms with E-state index in [-0.39, 0.29) is 5.37 Å². The molecule has 5 nitrogen and oxygen atoms in total. The van der Waals surface area contributed by atoms with Gasteiger partial charge in [-0.05, 0) is 23.8 Å². The summed E-state index contributed by atoms with van der Waals surface area (Å²) in [4.78, 5) is 15.7. The summed E-state index contributed by atoms with van der Waals surface area (Å²) in [5, 5.41) is 9.77. The third kappa shape index (κ3) is 3.07. The molecule has 2 aromatic rings. The zero-order valence-corrected chi connectivity index (χ0v) is 11.8. The van der Waals surface area contributed by atoms with Gasteiger partial charge in [-0.25, -0.2) is 15.2 Å². The van der Waals surface area contributed by atoms with Gasteiger partial charge in [-0.15, -0.1) is 0 Å². The second-order valence-corrected chi connectivity index (χ2v) is 5.51. The largest absolute Gasteiger partial charge is 0.478 e. The molecule has 1 aliphatic rings. The van der Waals surface area contributed by atoms with Gasteiger partial charge in [0.05, 0.1) is 11.3 Å². The van der Waals surface area contributed by atoms with Crippen molar-refractivity contribution < 1.29 is 9.90 Å². The smallest absolute Gasteiger partial charge is 0.336 e. The maximum absolute atomic E-state index is 11.3. The first-order chi connectivity index (χ1) is 10.2. The lowest BCUT2D eigenvalue weighted by atomic mass is 10.1. The highest BCUT2D eigenvalue weighted by atomic mass is 32.2. The zero-order valence-electron chi connectivity index (χ0n) is 11.0.